The minimum absolute atomic E-state index is 0.00735. The molecule has 198 valence electrons. The van der Waals surface area contributed by atoms with E-state index in [-0.39, 0.29) is 67.2 Å². The van der Waals surface area contributed by atoms with Crippen LogP contribution in [0.3, 0.4) is 0 Å². The number of hydrogen-bond acceptors (Lipinski definition) is 8. The maximum Gasteiger partial charge on any atom is 0.343 e. The number of aromatic nitrogens is 2. The monoisotopic (exact) mass is 522 g/mol. The average Bonchev–Trinajstić information content (AvgIpc) is 3.48. The van der Waals surface area contributed by atoms with Gasteiger partial charge in [0.1, 0.15) is 12.3 Å². The lowest BCUT2D eigenvalue weighted by Gasteiger charge is -2.31. The third kappa shape index (κ3) is 3.24. The van der Waals surface area contributed by atoms with E-state index in [0.717, 1.165) is 11.1 Å². The van der Waals surface area contributed by atoms with Crippen molar-refractivity contribution in [3.8, 4) is 17.1 Å². The first-order chi connectivity index (χ1) is 18.1. The van der Waals surface area contributed by atoms with E-state index < -0.39 is 17.4 Å². The summed E-state index contributed by atoms with van der Waals surface area (Å²) in [6.45, 7) is 7.25. The molecule has 2 N–H and O–H groups in total. The number of aryl methyl sites for hydroxylation is 1. The van der Waals surface area contributed by atoms with Crippen LogP contribution in [-0.4, -0.2) is 45.9 Å². The quantitative estimate of drug-likeness (QED) is 0.391. The Hall–Kier alpha value is -3.83. The fourth-order valence-corrected chi connectivity index (χ4v) is 5.57. The van der Waals surface area contributed by atoms with Crippen LogP contribution in [0.15, 0.2) is 16.9 Å². The van der Waals surface area contributed by atoms with Gasteiger partial charge in [0, 0.05) is 28.6 Å². The molecule has 0 radical (unpaired) electrons. The van der Waals surface area contributed by atoms with E-state index in [1.54, 1.807) is 13.0 Å². The zero-order valence-corrected chi connectivity index (χ0v) is 21.5. The summed E-state index contributed by atoms with van der Waals surface area (Å²) >= 11 is 0. The predicted molar refractivity (Wildman–Crippen MR) is 135 cm³/mol. The van der Waals surface area contributed by atoms with Crippen molar-refractivity contribution < 1.29 is 28.6 Å². The van der Waals surface area contributed by atoms with Crippen LogP contribution in [0, 0.1) is 12.7 Å². The maximum atomic E-state index is 15.2. The van der Waals surface area contributed by atoms with Crippen LogP contribution < -0.4 is 20.5 Å². The molecular formula is C27H27FN4O6. The van der Waals surface area contributed by atoms with Gasteiger partial charge in [0.15, 0.2) is 23.9 Å². The SMILES string of the molecule is CC[C@@]1(O)C(=O)OCc2c1cc1n(c2=O)Cc2c-1nc1cc(F)c3c(c1c2C)N(C(=O)CNC(C)C)CO3. The van der Waals surface area contributed by atoms with E-state index in [0.29, 0.717) is 28.0 Å². The van der Waals surface area contributed by atoms with Crippen LogP contribution in [0.1, 0.15) is 49.4 Å². The van der Waals surface area contributed by atoms with E-state index in [2.05, 4.69) is 5.32 Å². The summed E-state index contributed by atoms with van der Waals surface area (Å²) in [4.78, 5) is 45.1. The van der Waals surface area contributed by atoms with Gasteiger partial charge in [-0.05, 0) is 25.0 Å². The second-order valence-electron chi connectivity index (χ2n) is 10.2. The lowest BCUT2D eigenvalue weighted by Crippen LogP contribution is -2.44. The molecule has 5 heterocycles. The molecule has 0 saturated carbocycles. The van der Waals surface area contributed by atoms with Crippen LogP contribution in [0.5, 0.6) is 5.75 Å². The number of carbonyl (C=O) groups is 2. The van der Waals surface area contributed by atoms with Crippen molar-refractivity contribution in [1.82, 2.24) is 14.9 Å². The number of benzene rings is 1. The lowest BCUT2D eigenvalue weighted by molar-refractivity contribution is -0.172. The summed E-state index contributed by atoms with van der Waals surface area (Å²) in [5.74, 6) is -1.71. The van der Waals surface area contributed by atoms with E-state index in [1.807, 2.05) is 20.8 Å². The number of esters is 1. The first-order valence-electron chi connectivity index (χ1n) is 12.6. The van der Waals surface area contributed by atoms with Crippen LogP contribution in [-0.2, 0) is 33.1 Å². The molecule has 0 saturated heterocycles. The van der Waals surface area contributed by atoms with E-state index in [9.17, 15) is 19.5 Å². The number of pyridine rings is 2. The number of hydrogen-bond donors (Lipinski definition) is 2. The normalized spacial score (nSPS) is 19.2. The molecule has 1 aromatic carbocycles. The number of nitrogens with zero attached hydrogens (tertiary/aromatic N) is 3. The molecule has 3 aromatic rings. The van der Waals surface area contributed by atoms with E-state index in [1.165, 1.54) is 15.5 Å². The van der Waals surface area contributed by atoms with Crippen molar-refractivity contribution in [2.24, 2.45) is 0 Å². The topological polar surface area (TPSA) is 123 Å². The van der Waals surface area contributed by atoms with Crippen LogP contribution in [0.25, 0.3) is 22.3 Å². The summed E-state index contributed by atoms with van der Waals surface area (Å²) in [6, 6.07) is 2.97. The molecule has 0 aliphatic carbocycles. The number of carbonyl (C=O) groups excluding carboxylic acids is 2. The van der Waals surface area contributed by atoms with Crippen molar-refractivity contribution >= 4 is 28.5 Å². The minimum atomic E-state index is -1.94. The van der Waals surface area contributed by atoms with Crippen LogP contribution in [0.2, 0.25) is 0 Å². The predicted octanol–water partition coefficient (Wildman–Crippen LogP) is 2.21. The molecule has 3 aliphatic heterocycles. The zero-order valence-electron chi connectivity index (χ0n) is 21.5. The number of cyclic esters (lactones) is 1. The first kappa shape index (κ1) is 24.5. The number of amides is 1. The molecule has 6 rings (SSSR count). The summed E-state index contributed by atoms with van der Waals surface area (Å²) in [5.41, 5.74) is 1.11. The van der Waals surface area contributed by atoms with Gasteiger partial charge < -0.3 is 24.5 Å². The largest absolute Gasteiger partial charge is 0.467 e. The van der Waals surface area contributed by atoms with Gasteiger partial charge in [0.25, 0.3) is 5.56 Å². The zero-order chi connectivity index (χ0) is 27.1. The number of aliphatic hydroxyl groups is 1. The van der Waals surface area contributed by atoms with E-state index in [4.69, 9.17) is 14.5 Å². The number of fused-ring (bicyclic) bond motifs is 7. The van der Waals surface area contributed by atoms with Crippen LogP contribution >= 0.6 is 0 Å². The maximum absolute atomic E-state index is 15.2. The fraction of sp³-hybridized carbons (Fsp3) is 0.407. The highest BCUT2D eigenvalue weighted by Gasteiger charge is 2.45. The summed E-state index contributed by atoms with van der Waals surface area (Å²) in [6.07, 6.45) is 0.0334. The van der Waals surface area contributed by atoms with Crippen molar-refractivity contribution in [2.75, 3.05) is 18.2 Å². The Bertz CT molecular complexity index is 1630. The molecule has 1 amide bonds. The summed E-state index contributed by atoms with van der Waals surface area (Å²) < 4.78 is 27.4. The second kappa shape index (κ2) is 8.34. The van der Waals surface area contributed by atoms with Crippen LogP contribution in [0.4, 0.5) is 10.1 Å². The highest BCUT2D eigenvalue weighted by Crippen LogP contribution is 2.47. The molecule has 38 heavy (non-hydrogen) atoms. The van der Waals surface area contributed by atoms with Gasteiger partial charge >= 0.3 is 5.97 Å². The molecule has 1 atom stereocenters. The Labute approximate surface area is 217 Å². The number of anilines is 1. The van der Waals surface area contributed by atoms with Gasteiger partial charge in [-0.15, -0.1) is 0 Å². The molecule has 0 spiro atoms. The van der Waals surface area contributed by atoms with Crippen molar-refractivity contribution in [1.29, 1.82) is 0 Å². The highest BCUT2D eigenvalue weighted by atomic mass is 19.1. The summed E-state index contributed by atoms with van der Waals surface area (Å²) in [7, 11) is 0. The second-order valence-corrected chi connectivity index (χ2v) is 10.2. The molecule has 2 aromatic heterocycles. The van der Waals surface area contributed by atoms with Crippen molar-refractivity contribution in [3.63, 3.8) is 0 Å². The molecular weight excluding hydrogens is 495 g/mol. The van der Waals surface area contributed by atoms with Gasteiger partial charge in [-0.3, -0.25) is 14.5 Å². The standard InChI is InChI=1S/C27H27FN4O6/c1-5-27(36)16-6-19-22-14(9-31(19)25(34)15(16)10-37-26(27)35)13(4)21-18(30-22)7-17(28)24-23(21)32(11-38-24)20(33)8-29-12(2)3/h6-7,12,29,36H,5,8-11H2,1-4H3/t27-/m0/s1. The van der Waals surface area contributed by atoms with Gasteiger partial charge in [-0.2, -0.15) is 0 Å². The van der Waals surface area contributed by atoms with Crippen molar-refractivity contribution in [2.45, 2.75) is 58.9 Å². The number of rotatable bonds is 4. The Morgan fingerprint density at radius 1 is 1.26 bits per heavy atom. The third-order valence-electron chi connectivity index (χ3n) is 7.71. The third-order valence-corrected chi connectivity index (χ3v) is 7.71. The number of nitrogens with one attached hydrogen (secondary N) is 1. The van der Waals surface area contributed by atoms with Gasteiger partial charge in [0.05, 0.1) is 35.6 Å². The first-order valence-corrected chi connectivity index (χ1v) is 12.6. The van der Waals surface area contributed by atoms with Crippen molar-refractivity contribution in [3.05, 3.63) is 50.6 Å². The number of ether oxygens (including phenoxy) is 2. The Morgan fingerprint density at radius 2 is 2.03 bits per heavy atom. The molecule has 0 bridgehead atoms. The smallest absolute Gasteiger partial charge is 0.343 e. The van der Waals surface area contributed by atoms with Gasteiger partial charge in [-0.1, -0.05) is 20.8 Å². The molecule has 0 fully saturated rings. The molecule has 0 unspecified atom stereocenters. The Morgan fingerprint density at radius 3 is 2.74 bits per heavy atom. The van der Waals surface area contributed by atoms with Gasteiger partial charge in [-0.25, -0.2) is 14.2 Å². The van der Waals surface area contributed by atoms with E-state index >= 15 is 4.39 Å². The van der Waals surface area contributed by atoms with Gasteiger partial charge in [0.2, 0.25) is 5.91 Å². The Kier molecular flexibility index (Phi) is 5.38. The molecule has 11 heteroatoms. The molecule has 10 nitrogen and oxygen atoms in total. The lowest BCUT2D eigenvalue weighted by atomic mass is 9.86. The number of halogens is 1. The summed E-state index contributed by atoms with van der Waals surface area (Å²) in [5, 5.41) is 14.7. The average molecular weight is 523 g/mol. The molecule has 3 aliphatic rings. The highest BCUT2D eigenvalue weighted by molar-refractivity contribution is 6.09. The fourth-order valence-electron chi connectivity index (χ4n) is 5.57. The Balaban J connectivity index is 1.55. The minimum Gasteiger partial charge on any atom is -0.467 e.